The Bertz CT molecular complexity index is 1120. The largest absolute Gasteiger partial charge is 0.494 e. The highest BCUT2D eigenvalue weighted by atomic mass is 16.5. The van der Waals surface area contributed by atoms with Crippen LogP contribution in [0.1, 0.15) is 68.5 Å². The zero-order valence-corrected chi connectivity index (χ0v) is 19.9. The molecule has 176 valence electrons. The summed E-state index contributed by atoms with van der Waals surface area (Å²) in [6.45, 7) is 5.75. The van der Waals surface area contributed by atoms with Crippen molar-refractivity contribution >= 4 is 5.71 Å². The summed E-state index contributed by atoms with van der Waals surface area (Å²) < 4.78 is 18.1. The van der Waals surface area contributed by atoms with Crippen molar-refractivity contribution in [1.29, 1.82) is 0 Å². The second-order valence-corrected chi connectivity index (χ2v) is 8.80. The molecule has 2 atom stereocenters. The number of hydrazone groups is 1. The van der Waals surface area contributed by atoms with Gasteiger partial charge in [-0.3, -0.25) is 0 Å². The van der Waals surface area contributed by atoms with E-state index >= 15 is 0 Å². The summed E-state index contributed by atoms with van der Waals surface area (Å²) in [6.07, 6.45) is 3.74. The van der Waals surface area contributed by atoms with Gasteiger partial charge in [0.15, 0.2) is 0 Å². The fraction of sp³-hybridized carbons (Fsp3) is 0.345. The topological polar surface area (TPSA) is 43.3 Å². The maximum atomic E-state index is 6.47. The van der Waals surface area contributed by atoms with Crippen LogP contribution in [0.3, 0.4) is 0 Å². The molecule has 0 unspecified atom stereocenters. The van der Waals surface area contributed by atoms with Crippen molar-refractivity contribution in [2.75, 3.05) is 13.2 Å². The highest BCUT2D eigenvalue weighted by molar-refractivity contribution is 6.02. The Morgan fingerprint density at radius 3 is 2.29 bits per heavy atom. The van der Waals surface area contributed by atoms with E-state index < -0.39 is 0 Å². The SMILES string of the molecule is CCCCOc1ccc(C2=NN3[C@@H](C2)c2ccccc2O[C@H]3c2ccc(OCCC)cc2)cc1. The number of benzene rings is 3. The summed E-state index contributed by atoms with van der Waals surface area (Å²) in [7, 11) is 0. The molecule has 0 aromatic heterocycles. The van der Waals surface area contributed by atoms with Gasteiger partial charge in [-0.05, 0) is 73.0 Å². The number of fused-ring (bicyclic) bond motifs is 3. The molecule has 0 saturated carbocycles. The van der Waals surface area contributed by atoms with Crippen molar-refractivity contribution in [3.63, 3.8) is 0 Å². The summed E-state index contributed by atoms with van der Waals surface area (Å²) in [5.41, 5.74) is 4.43. The van der Waals surface area contributed by atoms with E-state index in [4.69, 9.17) is 19.3 Å². The van der Waals surface area contributed by atoms with E-state index in [9.17, 15) is 0 Å². The van der Waals surface area contributed by atoms with Crippen LogP contribution in [0, 0.1) is 0 Å². The number of nitrogens with zero attached hydrogens (tertiary/aromatic N) is 2. The molecule has 2 heterocycles. The molecule has 0 amide bonds. The zero-order valence-electron chi connectivity index (χ0n) is 19.9. The number of unbranched alkanes of at least 4 members (excludes halogenated alkanes) is 1. The van der Waals surface area contributed by atoms with Crippen molar-refractivity contribution in [3.8, 4) is 17.2 Å². The molecule has 5 heteroatoms. The Balaban J connectivity index is 1.41. The van der Waals surface area contributed by atoms with Gasteiger partial charge in [0.2, 0.25) is 6.23 Å². The van der Waals surface area contributed by atoms with E-state index in [1.54, 1.807) is 0 Å². The summed E-state index contributed by atoms with van der Waals surface area (Å²) in [6, 6.07) is 24.9. The molecule has 5 rings (SSSR count). The molecule has 34 heavy (non-hydrogen) atoms. The van der Waals surface area contributed by atoms with Crippen LogP contribution in [-0.4, -0.2) is 23.9 Å². The first-order valence-corrected chi connectivity index (χ1v) is 12.3. The normalized spacial score (nSPS) is 18.5. The number of hydrogen-bond donors (Lipinski definition) is 0. The van der Waals surface area contributed by atoms with Gasteiger partial charge in [0, 0.05) is 17.5 Å². The van der Waals surface area contributed by atoms with E-state index in [-0.39, 0.29) is 12.3 Å². The quantitative estimate of drug-likeness (QED) is 0.329. The van der Waals surface area contributed by atoms with Gasteiger partial charge < -0.3 is 14.2 Å². The van der Waals surface area contributed by atoms with E-state index in [0.29, 0.717) is 0 Å². The molecule has 0 fully saturated rings. The van der Waals surface area contributed by atoms with Crippen LogP contribution in [0.5, 0.6) is 17.2 Å². The Morgan fingerprint density at radius 2 is 1.56 bits per heavy atom. The van der Waals surface area contributed by atoms with E-state index in [1.165, 1.54) is 5.56 Å². The molecule has 3 aromatic carbocycles. The van der Waals surface area contributed by atoms with Crippen LogP contribution in [0.25, 0.3) is 0 Å². The molecular formula is C29H32N2O3. The lowest BCUT2D eigenvalue weighted by molar-refractivity contribution is -0.0190. The summed E-state index contributed by atoms with van der Waals surface area (Å²) >= 11 is 0. The zero-order chi connectivity index (χ0) is 23.3. The van der Waals surface area contributed by atoms with Crippen molar-refractivity contribution in [1.82, 2.24) is 5.01 Å². The lowest BCUT2D eigenvalue weighted by Crippen LogP contribution is -2.33. The molecule has 2 aliphatic heterocycles. The number of ether oxygens (including phenoxy) is 3. The molecule has 0 bridgehead atoms. The fourth-order valence-electron chi connectivity index (χ4n) is 4.46. The van der Waals surface area contributed by atoms with Crippen molar-refractivity contribution in [3.05, 3.63) is 89.5 Å². The minimum atomic E-state index is -0.283. The van der Waals surface area contributed by atoms with Crippen LogP contribution in [0.4, 0.5) is 0 Å². The van der Waals surface area contributed by atoms with Gasteiger partial charge >= 0.3 is 0 Å². The van der Waals surface area contributed by atoms with Crippen molar-refractivity contribution in [2.45, 2.75) is 51.8 Å². The Morgan fingerprint density at radius 1 is 0.853 bits per heavy atom. The number of rotatable bonds is 9. The molecule has 0 aliphatic carbocycles. The number of para-hydroxylation sites is 1. The maximum Gasteiger partial charge on any atom is 0.213 e. The predicted molar refractivity (Wildman–Crippen MR) is 135 cm³/mol. The second-order valence-electron chi connectivity index (χ2n) is 8.80. The third-order valence-electron chi connectivity index (χ3n) is 6.29. The predicted octanol–water partition coefficient (Wildman–Crippen LogP) is 6.90. The summed E-state index contributed by atoms with van der Waals surface area (Å²) in [5.74, 6) is 2.71. The number of hydrogen-bond acceptors (Lipinski definition) is 5. The third-order valence-corrected chi connectivity index (χ3v) is 6.29. The van der Waals surface area contributed by atoms with Crippen molar-refractivity contribution < 1.29 is 14.2 Å². The van der Waals surface area contributed by atoms with Gasteiger partial charge in [-0.15, -0.1) is 0 Å². The highest BCUT2D eigenvalue weighted by Gasteiger charge is 2.40. The molecule has 0 N–H and O–H groups in total. The van der Waals surface area contributed by atoms with Gasteiger partial charge in [-0.1, -0.05) is 38.5 Å². The first kappa shape index (κ1) is 22.3. The molecule has 0 spiro atoms. The highest BCUT2D eigenvalue weighted by Crippen LogP contribution is 2.47. The van der Waals surface area contributed by atoms with Crippen LogP contribution in [0.15, 0.2) is 77.9 Å². The third kappa shape index (κ3) is 4.60. The Labute approximate surface area is 202 Å². The average Bonchev–Trinajstić information content (AvgIpc) is 3.34. The Kier molecular flexibility index (Phi) is 6.70. The van der Waals surface area contributed by atoms with Crippen LogP contribution >= 0.6 is 0 Å². The van der Waals surface area contributed by atoms with Gasteiger partial charge in [-0.25, -0.2) is 5.01 Å². The molecular weight excluding hydrogens is 424 g/mol. The fourth-order valence-corrected chi connectivity index (χ4v) is 4.46. The van der Waals surface area contributed by atoms with Gasteiger partial charge in [0.05, 0.1) is 25.0 Å². The molecule has 0 saturated heterocycles. The second kappa shape index (κ2) is 10.2. The molecule has 5 nitrogen and oxygen atoms in total. The molecule has 3 aromatic rings. The molecule has 0 radical (unpaired) electrons. The average molecular weight is 457 g/mol. The minimum Gasteiger partial charge on any atom is -0.494 e. The van der Waals surface area contributed by atoms with Gasteiger partial charge in [-0.2, -0.15) is 5.10 Å². The smallest absolute Gasteiger partial charge is 0.213 e. The standard InChI is InChI=1S/C29H32N2O3/c1-3-5-19-33-24-14-10-21(11-15-24)26-20-27-25-8-6-7-9-28(25)34-29(31(27)30-26)22-12-16-23(17-13-22)32-18-4-2/h6-17,27,29H,3-5,18-20H2,1-2H3/t27-,29-/m0/s1. The van der Waals surface area contributed by atoms with Crippen LogP contribution in [0.2, 0.25) is 0 Å². The molecule has 2 aliphatic rings. The van der Waals surface area contributed by atoms with Crippen LogP contribution in [-0.2, 0) is 0 Å². The maximum absolute atomic E-state index is 6.47. The lowest BCUT2D eigenvalue weighted by Gasteiger charge is -2.38. The Hall–Kier alpha value is -3.47. The monoisotopic (exact) mass is 456 g/mol. The summed E-state index contributed by atoms with van der Waals surface area (Å²) in [4.78, 5) is 0. The minimum absolute atomic E-state index is 0.140. The first-order valence-electron chi connectivity index (χ1n) is 12.3. The van der Waals surface area contributed by atoms with Gasteiger partial charge in [0.25, 0.3) is 0 Å². The first-order chi connectivity index (χ1) is 16.8. The van der Waals surface area contributed by atoms with E-state index in [0.717, 1.165) is 73.0 Å². The van der Waals surface area contributed by atoms with Crippen molar-refractivity contribution in [2.24, 2.45) is 5.10 Å². The van der Waals surface area contributed by atoms with Crippen LogP contribution < -0.4 is 14.2 Å². The van der Waals surface area contributed by atoms with Gasteiger partial charge in [0.1, 0.15) is 17.2 Å². The van der Waals surface area contributed by atoms with E-state index in [2.05, 4.69) is 61.3 Å². The van der Waals surface area contributed by atoms with E-state index in [1.807, 2.05) is 30.3 Å². The summed E-state index contributed by atoms with van der Waals surface area (Å²) in [5, 5.41) is 7.18. The lowest BCUT2D eigenvalue weighted by atomic mass is 9.96.